The van der Waals surface area contributed by atoms with Crippen LogP contribution in [0.15, 0.2) is 18.2 Å². The monoisotopic (exact) mass is 200 g/mol. The third-order valence-corrected chi connectivity index (χ3v) is 2.93. The molecule has 0 atom stereocenters. The number of benzene rings is 1. The fourth-order valence-electron chi connectivity index (χ4n) is 1.64. The predicted molar refractivity (Wildman–Crippen MR) is 49.2 cm³/mol. The zero-order valence-electron chi connectivity index (χ0n) is 7.06. The summed E-state index contributed by atoms with van der Waals surface area (Å²) in [5.74, 6) is -0.480. The van der Waals surface area contributed by atoms with Crippen molar-refractivity contribution >= 4 is 11.6 Å². The Kier molecular flexibility index (Phi) is 2.05. The number of rotatable bonds is 1. The minimum absolute atomic E-state index is 0.0813. The highest BCUT2D eigenvalue weighted by Crippen LogP contribution is 2.42. The molecule has 0 amide bonds. The molecule has 1 aromatic rings. The van der Waals surface area contributed by atoms with Gasteiger partial charge >= 0.3 is 0 Å². The molecule has 0 heterocycles. The molecule has 0 unspecified atom stereocenters. The molecule has 13 heavy (non-hydrogen) atoms. The summed E-state index contributed by atoms with van der Waals surface area (Å²) in [6.45, 7) is 0. The van der Waals surface area contributed by atoms with Gasteiger partial charge in [-0.3, -0.25) is 0 Å². The summed E-state index contributed by atoms with van der Waals surface area (Å²) in [4.78, 5) is 0. The first-order valence-corrected chi connectivity index (χ1v) is 4.68. The number of halogens is 2. The van der Waals surface area contributed by atoms with Gasteiger partial charge in [0.25, 0.3) is 0 Å². The van der Waals surface area contributed by atoms with Crippen LogP contribution in [0.3, 0.4) is 0 Å². The maximum Gasteiger partial charge on any atom is 0.147 e. The number of hydrogen-bond acceptors (Lipinski definition) is 1. The van der Waals surface area contributed by atoms with Crippen molar-refractivity contribution in [2.24, 2.45) is 0 Å². The third kappa shape index (κ3) is 1.34. The molecule has 2 rings (SSSR count). The van der Waals surface area contributed by atoms with Gasteiger partial charge < -0.3 is 5.11 Å². The van der Waals surface area contributed by atoms with Gasteiger partial charge in [-0.25, -0.2) is 4.39 Å². The quantitative estimate of drug-likeness (QED) is 0.739. The number of hydrogen-bond donors (Lipinski definition) is 1. The van der Waals surface area contributed by atoms with Crippen molar-refractivity contribution in [2.45, 2.75) is 24.9 Å². The molecule has 0 bridgehead atoms. The predicted octanol–water partition coefficient (Wildman–Crippen LogP) is 2.85. The first kappa shape index (κ1) is 8.97. The van der Waals surface area contributed by atoms with Crippen LogP contribution >= 0.6 is 11.6 Å². The van der Waals surface area contributed by atoms with Crippen molar-refractivity contribution in [1.29, 1.82) is 0 Å². The van der Waals surface area contributed by atoms with E-state index in [1.54, 1.807) is 12.1 Å². The topological polar surface area (TPSA) is 20.2 Å². The van der Waals surface area contributed by atoms with Crippen molar-refractivity contribution in [3.05, 3.63) is 34.6 Å². The molecule has 1 aromatic carbocycles. The van der Waals surface area contributed by atoms with Crippen LogP contribution in [0.4, 0.5) is 4.39 Å². The van der Waals surface area contributed by atoms with Crippen LogP contribution < -0.4 is 0 Å². The van der Waals surface area contributed by atoms with Gasteiger partial charge in [-0.1, -0.05) is 23.7 Å². The molecule has 1 nitrogen and oxygen atoms in total. The first-order chi connectivity index (χ1) is 6.13. The van der Waals surface area contributed by atoms with E-state index in [-0.39, 0.29) is 5.02 Å². The average molecular weight is 201 g/mol. The van der Waals surface area contributed by atoms with Crippen LogP contribution in [-0.2, 0) is 5.60 Å². The van der Waals surface area contributed by atoms with E-state index in [0.717, 1.165) is 6.42 Å². The Labute approximate surface area is 81.1 Å². The summed E-state index contributed by atoms with van der Waals surface area (Å²) in [6, 6.07) is 4.75. The van der Waals surface area contributed by atoms with Gasteiger partial charge in [0.2, 0.25) is 0 Å². The summed E-state index contributed by atoms with van der Waals surface area (Å²) >= 11 is 5.61. The zero-order valence-corrected chi connectivity index (χ0v) is 7.81. The molecule has 1 aliphatic rings. The van der Waals surface area contributed by atoms with Gasteiger partial charge in [0.15, 0.2) is 0 Å². The third-order valence-electron chi connectivity index (χ3n) is 2.63. The lowest BCUT2D eigenvalue weighted by Crippen LogP contribution is -2.34. The van der Waals surface area contributed by atoms with Crippen molar-refractivity contribution in [1.82, 2.24) is 0 Å². The van der Waals surface area contributed by atoms with Gasteiger partial charge in [-0.15, -0.1) is 0 Å². The molecule has 1 aliphatic carbocycles. The Hall–Kier alpha value is -0.600. The summed E-state index contributed by atoms with van der Waals surface area (Å²) in [6.07, 6.45) is 2.21. The van der Waals surface area contributed by atoms with Crippen LogP contribution in [0.5, 0.6) is 0 Å². The molecular formula is C10H10ClFO. The van der Waals surface area contributed by atoms with Crippen LogP contribution in [0.2, 0.25) is 5.02 Å². The zero-order chi connectivity index (χ0) is 9.47. The summed E-state index contributed by atoms with van der Waals surface area (Å²) in [5, 5.41) is 9.97. The fourth-order valence-corrected chi connectivity index (χ4v) is 1.82. The lowest BCUT2D eigenvalue weighted by Gasteiger charge is -2.37. The standard InChI is InChI=1S/C10H10ClFO/c11-8-4-1-3-7(9(8)12)10(13)5-2-6-10/h1,3-4,13H,2,5-6H2. The summed E-state index contributed by atoms with van der Waals surface area (Å²) in [7, 11) is 0. The van der Waals surface area contributed by atoms with Crippen molar-refractivity contribution < 1.29 is 9.50 Å². The molecule has 0 aromatic heterocycles. The minimum Gasteiger partial charge on any atom is -0.385 e. The second kappa shape index (κ2) is 2.96. The maximum atomic E-state index is 13.4. The molecule has 3 heteroatoms. The Morgan fingerprint density at radius 2 is 2.08 bits per heavy atom. The van der Waals surface area contributed by atoms with Crippen LogP contribution in [0, 0.1) is 5.82 Å². The van der Waals surface area contributed by atoms with Gasteiger partial charge in [0, 0.05) is 5.56 Å². The van der Waals surface area contributed by atoms with Crippen LogP contribution in [-0.4, -0.2) is 5.11 Å². The molecule has 0 radical (unpaired) electrons. The van der Waals surface area contributed by atoms with E-state index in [4.69, 9.17) is 11.6 Å². The lowest BCUT2D eigenvalue weighted by molar-refractivity contribution is -0.0416. The second-order valence-corrected chi connectivity index (χ2v) is 3.89. The molecule has 1 fully saturated rings. The molecular weight excluding hydrogens is 191 g/mol. The highest BCUT2D eigenvalue weighted by Gasteiger charge is 2.38. The van der Waals surface area contributed by atoms with Crippen molar-refractivity contribution in [2.75, 3.05) is 0 Å². The van der Waals surface area contributed by atoms with Gasteiger partial charge in [-0.2, -0.15) is 0 Å². The Bertz CT molecular complexity index is 334. The molecule has 1 saturated carbocycles. The normalized spacial score (nSPS) is 19.6. The Balaban J connectivity index is 2.45. The maximum absolute atomic E-state index is 13.4. The van der Waals surface area contributed by atoms with Crippen molar-refractivity contribution in [3.8, 4) is 0 Å². The minimum atomic E-state index is -0.963. The molecule has 1 N–H and O–H groups in total. The second-order valence-electron chi connectivity index (χ2n) is 3.49. The van der Waals surface area contributed by atoms with E-state index in [9.17, 15) is 9.50 Å². The van der Waals surface area contributed by atoms with E-state index in [0.29, 0.717) is 18.4 Å². The molecule has 0 spiro atoms. The summed E-state index contributed by atoms with van der Waals surface area (Å²) in [5.41, 5.74) is -0.624. The fraction of sp³-hybridized carbons (Fsp3) is 0.400. The Morgan fingerprint density at radius 3 is 2.62 bits per heavy atom. The van der Waals surface area contributed by atoms with E-state index in [2.05, 4.69) is 0 Å². The molecule has 0 aliphatic heterocycles. The van der Waals surface area contributed by atoms with Crippen LogP contribution in [0.1, 0.15) is 24.8 Å². The van der Waals surface area contributed by atoms with Crippen molar-refractivity contribution in [3.63, 3.8) is 0 Å². The van der Waals surface area contributed by atoms with Gasteiger partial charge in [-0.05, 0) is 25.3 Å². The average Bonchev–Trinajstić information content (AvgIpc) is 2.06. The smallest absolute Gasteiger partial charge is 0.147 e. The first-order valence-electron chi connectivity index (χ1n) is 4.30. The lowest BCUT2D eigenvalue weighted by atomic mass is 9.75. The molecule has 70 valence electrons. The van der Waals surface area contributed by atoms with Crippen LogP contribution in [0.25, 0.3) is 0 Å². The largest absolute Gasteiger partial charge is 0.385 e. The van der Waals surface area contributed by atoms with E-state index >= 15 is 0 Å². The van der Waals surface area contributed by atoms with E-state index < -0.39 is 11.4 Å². The van der Waals surface area contributed by atoms with E-state index in [1.807, 2.05) is 0 Å². The SMILES string of the molecule is OC1(c2cccc(Cl)c2F)CCC1. The summed E-state index contributed by atoms with van der Waals surface area (Å²) < 4.78 is 13.4. The highest BCUT2D eigenvalue weighted by atomic mass is 35.5. The number of aliphatic hydroxyl groups is 1. The van der Waals surface area contributed by atoms with Gasteiger partial charge in [0.1, 0.15) is 5.82 Å². The van der Waals surface area contributed by atoms with Gasteiger partial charge in [0.05, 0.1) is 10.6 Å². The Morgan fingerprint density at radius 1 is 1.38 bits per heavy atom. The molecule has 0 saturated heterocycles. The highest BCUT2D eigenvalue weighted by molar-refractivity contribution is 6.30. The van der Waals surface area contributed by atoms with E-state index in [1.165, 1.54) is 6.07 Å².